The van der Waals surface area contributed by atoms with Gasteiger partial charge in [0.25, 0.3) is 0 Å². The second kappa shape index (κ2) is 7.71. The Morgan fingerprint density at radius 3 is 2.58 bits per heavy atom. The van der Waals surface area contributed by atoms with Crippen LogP contribution >= 0.6 is 0 Å². The van der Waals surface area contributed by atoms with Crippen molar-refractivity contribution < 1.29 is 12.9 Å². The highest BCUT2D eigenvalue weighted by atomic mass is 32.2. The molecule has 0 aliphatic heterocycles. The third-order valence-corrected chi connectivity index (χ3v) is 2.20. The lowest BCUT2D eigenvalue weighted by Crippen LogP contribution is -2.09. The van der Waals surface area contributed by atoms with Crippen LogP contribution in [0.25, 0.3) is 0 Å². The average molecular weight is 194 g/mol. The van der Waals surface area contributed by atoms with E-state index < -0.39 is 11.4 Å². The molecule has 1 N–H and O–H groups in total. The normalized spacial score (nSPS) is 15.9. The van der Waals surface area contributed by atoms with Gasteiger partial charge in [-0.1, -0.05) is 32.6 Å². The number of rotatable bonds is 7. The molecule has 0 aliphatic rings. The van der Waals surface area contributed by atoms with Crippen molar-refractivity contribution in [3.8, 4) is 0 Å². The average Bonchev–Trinajstić information content (AvgIpc) is 1.97. The van der Waals surface area contributed by atoms with Gasteiger partial charge < -0.3 is 0 Å². The summed E-state index contributed by atoms with van der Waals surface area (Å²) in [5, 5.41) is 0. The molecule has 0 bridgehead atoms. The molecule has 0 saturated heterocycles. The van der Waals surface area contributed by atoms with Crippen LogP contribution in [0.2, 0.25) is 0 Å². The standard InChI is InChI=1S/C8H18O3S/c1-3-4-5-6-7-8(2)11-12(9)10/h8H,3-7H2,1-2H3,(H,9,10). The summed E-state index contributed by atoms with van der Waals surface area (Å²) in [6, 6.07) is 0. The van der Waals surface area contributed by atoms with Crippen molar-refractivity contribution >= 4 is 11.4 Å². The first-order chi connectivity index (χ1) is 5.66. The summed E-state index contributed by atoms with van der Waals surface area (Å²) >= 11 is -2.10. The zero-order valence-electron chi connectivity index (χ0n) is 7.78. The van der Waals surface area contributed by atoms with Gasteiger partial charge in [0, 0.05) is 0 Å². The first-order valence-electron chi connectivity index (χ1n) is 4.44. The first kappa shape index (κ1) is 12.1. The van der Waals surface area contributed by atoms with E-state index in [2.05, 4.69) is 11.1 Å². The molecule has 0 amide bonds. The Bertz CT molecular complexity index is 127. The lowest BCUT2D eigenvalue weighted by molar-refractivity contribution is 0.208. The van der Waals surface area contributed by atoms with E-state index >= 15 is 0 Å². The lowest BCUT2D eigenvalue weighted by Gasteiger charge is -2.07. The fourth-order valence-corrected chi connectivity index (χ4v) is 1.42. The quantitative estimate of drug-likeness (QED) is 0.500. The molecule has 0 aromatic heterocycles. The minimum atomic E-state index is -2.10. The summed E-state index contributed by atoms with van der Waals surface area (Å²) in [4.78, 5) is 0. The Hall–Kier alpha value is 0.0700. The third kappa shape index (κ3) is 8.17. The van der Waals surface area contributed by atoms with Crippen LogP contribution < -0.4 is 0 Å². The van der Waals surface area contributed by atoms with Crippen molar-refractivity contribution in [2.75, 3.05) is 0 Å². The van der Waals surface area contributed by atoms with E-state index in [4.69, 9.17) is 4.55 Å². The van der Waals surface area contributed by atoms with Crippen molar-refractivity contribution in [3.63, 3.8) is 0 Å². The van der Waals surface area contributed by atoms with Gasteiger partial charge in [-0.15, -0.1) is 0 Å². The highest BCUT2D eigenvalue weighted by molar-refractivity contribution is 7.74. The van der Waals surface area contributed by atoms with Gasteiger partial charge in [0.1, 0.15) is 0 Å². The molecule has 74 valence electrons. The molecule has 0 radical (unpaired) electrons. The van der Waals surface area contributed by atoms with Crippen molar-refractivity contribution in [2.24, 2.45) is 0 Å². The summed E-state index contributed by atoms with van der Waals surface area (Å²) < 4.78 is 23.2. The zero-order chi connectivity index (χ0) is 9.40. The summed E-state index contributed by atoms with van der Waals surface area (Å²) in [5.41, 5.74) is 0. The van der Waals surface area contributed by atoms with Crippen LogP contribution in [0.15, 0.2) is 0 Å². The van der Waals surface area contributed by atoms with E-state index in [0.717, 1.165) is 12.8 Å². The van der Waals surface area contributed by atoms with Gasteiger partial charge >= 0.3 is 11.4 Å². The Balaban J connectivity index is 3.19. The number of hydrogen-bond acceptors (Lipinski definition) is 2. The number of hydrogen-bond donors (Lipinski definition) is 1. The fourth-order valence-electron chi connectivity index (χ4n) is 1.05. The van der Waals surface area contributed by atoms with Gasteiger partial charge in [0.05, 0.1) is 6.10 Å². The minimum Gasteiger partial charge on any atom is -0.284 e. The molecule has 4 heteroatoms. The van der Waals surface area contributed by atoms with Crippen molar-refractivity contribution in [3.05, 3.63) is 0 Å². The van der Waals surface area contributed by atoms with Crippen LogP contribution in [0.3, 0.4) is 0 Å². The largest absolute Gasteiger partial charge is 0.302 e. The Morgan fingerprint density at radius 2 is 2.08 bits per heavy atom. The van der Waals surface area contributed by atoms with Gasteiger partial charge in [0.15, 0.2) is 0 Å². The van der Waals surface area contributed by atoms with E-state index in [1.54, 1.807) is 0 Å². The second-order valence-corrected chi connectivity index (χ2v) is 3.60. The summed E-state index contributed by atoms with van der Waals surface area (Å²) in [6.07, 6.45) is 5.46. The van der Waals surface area contributed by atoms with Crippen LogP contribution in [0.5, 0.6) is 0 Å². The maximum atomic E-state index is 10.2. The van der Waals surface area contributed by atoms with Crippen LogP contribution in [0.4, 0.5) is 0 Å². The maximum absolute atomic E-state index is 10.2. The van der Waals surface area contributed by atoms with Crippen LogP contribution in [-0.2, 0) is 15.5 Å². The van der Waals surface area contributed by atoms with Crippen LogP contribution in [0.1, 0.15) is 46.0 Å². The zero-order valence-corrected chi connectivity index (χ0v) is 8.60. The summed E-state index contributed by atoms with van der Waals surface area (Å²) in [5.74, 6) is 0. The Kier molecular flexibility index (Phi) is 7.75. The minimum absolute atomic E-state index is 0.104. The molecule has 3 nitrogen and oxygen atoms in total. The highest BCUT2D eigenvalue weighted by Gasteiger charge is 2.04. The van der Waals surface area contributed by atoms with Gasteiger partial charge in [-0.25, -0.2) is 0 Å². The molecule has 0 aromatic rings. The van der Waals surface area contributed by atoms with Gasteiger partial charge in [0.2, 0.25) is 0 Å². The summed E-state index contributed by atoms with van der Waals surface area (Å²) in [6.45, 7) is 3.97. The lowest BCUT2D eigenvalue weighted by atomic mass is 10.1. The predicted octanol–water partition coefficient (Wildman–Crippen LogP) is 2.50. The van der Waals surface area contributed by atoms with Crippen molar-refractivity contribution in [1.82, 2.24) is 0 Å². The molecule has 0 fully saturated rings. The molecule has 0 aliphatic carbocycles. The van der Waals surface area contributed by atoms with Gasteiger partial charge in [-0.2, -0.15) is 4.21 Å². The summed E-state index contributed by atoms with van der Waals surface area (Å²) in [7, 11) is 0. The second-order valence-electron chi connectivity index (χ2n) is 2.97. The molecule has 12 heavy (non-hydrogen) atoms. The van der Waals surface area contributed by atoms with Crippen molar-refractivity contribution in [1.29, 1.82) is 0 Å². The van der Waals surface area contributed by atoms with E-state index in [1.165, 1.54) is 19.3 Å². The molecule has 2 atom stereocenters. The molecule has 0 rings (SSSR count). The molecule has 0 saturated carbocycles. The molecular weight excluding hydrogens is 176 g/mol. The van der Waals surface area contributed by atoms with Crippen LogP contribution in [-0.4, -0.2) is 14.9 Å². The van der Waals surface area contributed by atoms with E-state index in [0.29, 0.717) is 0 Å². The van der Waals surface area contributed by atoms with Gasteiger partial charge in [-0.05, 0) is 13.3 Å². The van der Waals surface area contributed by atoms with E-state index in [-0.39, 0.29) is 6.10 Å². The molecule has 0 aromatic carbocycles. The smallest absolute Gasteiger partial charge is 0.284 e. The highest BCUT2D eigenvalue weighted by Crippen LogP contribution is 2.08. The number of unbranched alkanes of at least 4 members (excludes halogenated alkanes) is 3. The van der Waals surface area contributed by atoms with Gasteiger partial charge in [-0.3, -0.25) is 8.74 Å². The first-order valence-corrected chi connectivity index (χ1v) is 5.48. The fraction of sp³-hybridized carbons (Fsp3) is 1.00. The van der Waals surface area contributed by atoms with Crippen LogP contribution in [0, 0.1) is 0 Å². The molecule has 2 unspecified atom stereocenters. The molecular formula is C8H18O3S. The van der Waals surface area contributed by atoms with E-state index in [1.807, 2.05) is 6.92 Å². The monoisotopic (exact) mass is 194 g/mol. The van der Waals surface area contributed by atoms with Crippen molar-refractivity contribution in [2.45, 2.75) is 52.1 Å². The Labute approximate surface area is 77.0 Å². The van der Waals surface area contributed by atoms with E-state index in [9.17, 15) is 4.21 Å². The topological polar surface area (TPSA) is 46.5 Å². The molecule has 0 heterocycles. The maximum Gasteiger partial charge on any atom is 0.302 e. The molecule has 0 spiro atoms. The third-order valence-electron chi connectivity index (χ3n) is 1.71. The predicted molar refractivity (Wildman–Crippen MR) is 50.1 cm³/mol. The SMILES string of the molecule is CCCCCCC(C)OS(=O)O. The Morgan fingerprint density at radius 1 is 1.42 bits per heavy atom.